The quantitative estimate of drug-likeness (QED) is 0.495. The summed E-state index contributed by atoms with van der Waals surface area (Å²) in [6.07, 6.45) is 5.90. The summed E-state index contributed by atoms with van der Waals surface area (Å²) in [4.78, 5) is 2.69. The van der Waals surface area contributed by atoms with Gasteiger partial charge in [0.15, 0.2) is 11.6 Å². The van der Waals surface area contributed by atoms with Crippen LogP contribution in [0.2, 0.25) is 5.02 Å². The van der Waals surface area contributed by atoms with E-state index in [1.807, 2.05) is 24.3 Å². The minimum absolute atomic E-state index is 0.183. The molecule has 10 heteroatoms. The van der Waals surface area contributed by atoms with Crippen molar-refractivity contribution in [2.75, 3.05) is 33.8 Å². The standard InChI is InChI=1S/C21H23ClFNO.C5H9N3O2S/c1-25-21-12-19-15(11-20(21)23)10-16(13-24-6-3-7-24)18(19)9-14-4-2-5-17(22)8-14;1-6-11(9,10)5-3-7-8(2)4-5/h2,4-5,8,11-12,16,18H,3,6-7,9-10,13H2,1H3;3-4,6H,1-2H3. The van der Waals surface area contributed by atoms with Gasteiger partial charge in [0.05, 0.1) is 13.3 Å². The van der Waals surface area contributed by atoms with Crippen LogP contribution in [0.15, 0.2) is 53.7 Å². The molecule has 2 heterocycles. The van der Waals surface area contributed by atoms with E-state index >= 15 is 0 Å². The van der Waals surface area contributed by atoms with E-state index in [2.05, 4.69) is 20.8 Å². The van der Waals surface area contributed by atoms with Gasteiger partial charge in [-0.3, -0.25) is 4.68 Å². The van der Waals surface area contributed by atoms with Gasteiger partial charge in [0.1, 0.15) is 4.90 Å². The average Bonchev–Trinajstić information content (AvgIpc) is 3.40. The van der Waals surface area contributed by atoms with E-state index in [4.69, 9.17) is 16.3 Å². The normalized spacial score (nSPS) is 19.2. The number of ether oxygens (including phenoxy) is 1. The van der Waals surface area contributed by atoms with Crippen molar-refractivity contribution in [2.24, 2.45) is 13.0 Å². The van der Waals surface area contributed by atoms with E-state index in [1.165, 1.54) is 61.9 Å². The number of benzene rings is 2. The second-order valence-electron chi connectivity index (χ2n) is 9.30. The highest BCUT2D eigenvalue weighted by Crippen LogP contribution is 2.43. The minimum Gasteiger partial charge on any atom is -0.494 e. The molecule has 2 atom stereocenters. The molecule has 36 heavy (non-hydrogen) atoms. The lowest BCUT2D eigenvalue weighted by Gasteiger charge is -2.35. The molecule has 2 aromatic carbocycles. The first-order valence-corrected chi connectivity index (χ1v) is 13.8. The number of hydrogen-bond acceptors (Lipinski definition) is 5. The molecule has 3 aromatic rings. The Hall–Kier alpha value is -2.46. The zero-order chi connectivity index (χ0) is 25.9. The Kier molecular flexibility index (Phi) is 8.34. The fourth-order valence-corrected chi connectivity index (χ4v) is 5.83. The lowest BCUT2D eigenvalue weighted by molar-refractivity contribution is 0.145. The number of fused-ring (bicyclic) bond motifs is 1. The van der Waals surface area contributed by atoms with Gasteiger partial charge in [-0.15, -0.1) is 0 Å². The van der Waals surface area contributed by atoms with Crippen molar-refractivity contribution in [2.45, 2.75) is 30.1 Å². The largest absolute Gasteiger partial charge is 0.494 e. The number of likely N-dealkylation sites (tertiary alicyclic amines) is 1. The molecule has 194 valence electrons. The summed E-state index contributed by atoms with van der Waals surface area (Å²) in [5, 5.41) is 4.50. The SMILES string of the molecule is CNS(=O)(=O)c1cnn(C)c1.COc1cc2c(cc1F)CC(CN1CCC1)C2Cc1cccc(Cl)c1. The van der Waals surface area contributed by atoms with Gasteiger partial charge < -0.3 is 9.64 Å². The summed E-state index contributed by atoms with van der Waals surface area (Å²) in [5.74, 6) is 0.983. The zero-order valence-corrected chi connectivity index (χ0v) is 22.3. The lowest BCUT2D eigenvalue weighted by atomic mass is 9.86. The van der Waals surface area contributed by atoms with Crippen LogP contribution < -0.4 is 9.46 Å². The molecule has 0 spiro atoms. The van der Waals surface area contributed by atoms with Gasteiger partial charge in [-0.2, -0.15) is 5.10 Å². The maximum Gasteiger partial charge on any atom is 0.243 e. The van der Waals surface area contributed by atoms with Gasteiger partial charge >= 0.3 is 0 Å². The molecule has 1 saturated heterocycles. The Bertz CT molecular complexity index is 1310. The van der Waals surface area contributed by atoms with Crippen LogP contribution in [0.1, 0.15) is 29.0 Å². The van der Waals surface area contributed by atoms with Crippen molar-refractivity contribution >= 4 is 21.6 Å². The number of nitrogens with one attached hydrogen (secondary N) is 1. The molecule has 7 nitrogen and oxygen atoms in total. The zero-order valence-electron chi connectivity index (χ0n) is 20.7. The van der Waals surface area contributed by atoms with Crippen LogP contribution in [0.25, 0.3) is 0 Å². The number of aromatic nitrogens is 2. The van der Waals surface area contributed by atoms with E-state index < -0.39 is 10.0 Å². The third kappa shape index (κ3) is 6.08. The molecule has 1 N–H and O–H groups in total. The first kappa shape index (κ1) is 26.6. The topological polar surface area (TPSA) is 76.5 Å². The van der Waals surface area contributed by atoms with Crippen molar-refractivity contribution in [3.63, 3.8) is 0 Å². The van der Waals surface area contributed by atoms with Crippen molar-refractivity contribution in [3.8, 4) is 5.75 Å². The molecule has 0 saturated carbocycles. The lowest BCUT2D eigenvalue weighted by Crippen LogP contribution is -2.41. The van der Waals surface area contributed by atoms with E-state index in [0.717, 1.165) is 30.0 Å². The second kappa shape index (κ2) is 11.3. The maximum absolute atomic E-state index is 14.2. The number of rotatable bonds is 7. The van der Waals surface area contributed by atoms with Crippen LogP contribution in [-0.2, 0) is 29.9 Å². The Morgan fingerprint density at radius 3 is 2.61 bits per heavy atom. The monoisotopic (exact) mass is 534 g/mol. The summed E-state index contributed by atoms with van der Waals surface area (Å²) < 4.78 is 45.1. The van der Waals surface area contributed by atoms with Crippen LogP contribution in [0.4, 0.5) is 4.39 Å². The van der Waals surface area contributed by atoms with E-state index in [1.54, 1.807) is 13.1 Å². The summed E-state index contributed by atoms with van der Waals surface area (Å²) >= 11 is 6.17. The molecule has 2 unspecified atom stereocenters. The van der Waals surface area contributed by atoms with Gasteiger partial charge in [-0.05, 0) is 92.2 Å². The molecule has 1 aliphatic heterocycles. The number of hydrogen-bond donors (Lipinski definition) is 1. The highest BCUT2D eigenvalue weighted by atomic mass is 35.5. The predicted octanol–water partition coefficient (Wildman–Crippen LogP) is 4.02. The van der Waals surface area contributed by atoms with Crippen molar-refractivity contribution in [3.05, 3.63) is 76.3 Å². The summed E-state index contributed by atoms with van der Waals surface area (Å²) in [5.41, 5.74) is 3.61. The summed E-state index contributed by atoms with van der Waals surface area (Å²) in [6, 6.07) is 11.7. The summed E-state index contributed by atoms with van der Waals surface area (Å²) in [7, 11) is 1.25. The first-order chi connectivity index (χ1) is 17.2. The van der Waals surface area contributed by atoms with Crippen LogP contribution in [0, 0.1) is 11.7 Å². The molecule has 1 aliphatic carbocycles. The molecule has 5 rings (SSSR count). The van der Waals surface area contributed by atoms with Gasteiger partial charge in [0.25, 0.3) is 0 Å². The third-order valence-electron chi connectivity index (χ3n) is 6.91. The fraction of sp³-hybridized carbons (Fsp3) is 0.423. The molecule has 0 bridgehead atoms. The number of nitrogens with zero attached hydrogens (tertiary/aromatic N) is 3. The van der Waals surface area contributed by atoms with Gasteiger partial charge in [0.2, 0.25) is 10.0 Å². The number of halogens is 2. The molecule has 1 fully saturated rings. The van der Waals surface area contributed by atoms with E-state index in [-0.39, 0.29) is 10.7 Å². The Morgan fingerprint density at radius 1 is 1.25 bits per heavy atom. The van der Waals surface area contributed by atoms with Crippen molar-refractivity contribution in [1.82, 2.24) is 19.4 Å². The van der Waals surface area contributed by atoms with Crippen LogP contribution >= 0.6 is 11.6 Å². The van der Waals surface area contributed by atoms with Gasteiger partial charge in [-0.25, -0.2) is 17.5 Å². The minimum atomic E-state index is -3.31. The number of sulfonamides is 1. The van der Waals surface area contributed by atoms with Crippen LogP contribution in [0.3, 0.4) is 0 Å². The smallest absolute Gasteiger partial charge is 0.243 e. The Labute approximate surface area is 217 Å². The van der Waals surface area contributed by atoms with Gasteiger partial charge in [-0.1, -0.05) is 23.7 Å². The summed E-state index contributed by atoms with van der Waals surface area (Å²) in [6.45, 7) is 3.46. The molecular formula is C26H32ClFN4O3S. The highest BCUT2D eigenvalue weighted by molar-refractivity contribution is 7.89. The maximum atomic E-state index is 14.2. The van der Waals surface area contributed by atoms with Crippen LogP contribution in [-0.4, -0.2) is 56.9 Å². The van der Waals surface area contributed by atoms with Crippen molar-refractivity contribution in [1.29, 1.82) is 0 Å². The predicted molar refractivity (Wildman–Crippen MR) is 139 cm³/mol. The Balaban J connectivity index is 0.000000233. The van der Waals surface area contributed by atoms with E-state index in [9.17, 15) is 12.8 Å². The molecular weight excluding hydrogens is 503 g/mol. The highest BCUT2D eigenvalue weighted by Gasteiger charge is 2.35. The molecule has 1 aromatic heterocycles. The number of methoxy groups -OCH3 is 1. The average molecular weight is 535 g/mol. The second-order valence-corrected chi connectivity index (χ2v) is 11.6. The molecule has 0 radical (unpaired) electrons. The van der Waals surface area contributed by atoms with E-state index in [0.29, 0.717) is 17.6 Å². The first-order valence-electron chi connectivity index (χ1n) is 12.0. The number of aryl methyl sites for hydroxylation is 1. The molecule has 0 amide bonds. The third-order valence-corrected chi connectivity index (χ3v) is 8.51. The Morgan fingerprint density at radius 2 is 2.03 bits per heavy atom. The fourth-order valence-electron chi connectivity index (χ4n) is 4.90. The van der Waals surface area contributed by atoms with Crippen LogP contribution in [0.5, 0.6) is 5.75 Å². The molecule has 2 aliphatic rings. The van der Waals surface area contributed by atoms with Crippen molar-refractivity contribution < 1.29 is 17.5 Å². The van der Waals surface area contributed by atoms with Gasteiger partial charge in [0, 0.05) is 24.8 Å².